The van der Waals surface area contributed by atoms with E-state index in [1.165, 1.54) is 18.3 Å². The number of thiazole rings is 1. The molecule has 4 N–H and O–H groups in total. The van der Waals surface area contributed by atoms with Gasteiger partial charge in [0.25, 0.3) is 0 Å². The van der Waals surface area contributed by atoms with Crippen LogP contribution >= 0.6 is 11.3 Å². The Bertz CT molecular complexity index is 1560. The smallest absolute Gasteiger partial charge is 0.350 e. The van der Waals surface area contributed by atoms with Gasteiger partial charge in [-0.2, -0.15) is 9.97 Å². The quantitative estimate of drug-likeness (QED) is 0.160. The van der Waals surface area contributed by atoms with Crippen molar-refractivity contribution in [2.24, 2.45) is 0 Å². The number of carbonyl (C=O) groups is 2. The number of hydrogen-bond donors (Lipinski definition) is 4. The lowest BCUT2D eigenvalue weighted by atomic mass is 10.0. The van der Waals surface area contributed by atoms with Gasteiger partial charge >= 0.3 is 5.97 Å². The standard InChI is InChI=1S/C28H38N8O5S2/c1-6-41-26(38)23-18(4)31-28(42-23)34-27-32-24(30-14-13-29-19(5)37)22-8-7-15-36(25(22)33-27)16-20-9-11-21(12-10-20)35-43(39,40)17(2)3/h9-12,17,35H,6-8,13-16H2,1-5H3,(H,29,37)(H2,30,31,32,33,34). The van der Waals surface area contributed by atoms with Crippen LogP contribution in [0.2, 0.25) is 0 Å². The van der Waals surface area contributed by atoms with Crippen molar-refractivity contribution in [2.75, 3.05) is 46.5 Å². The Morgan fingerprint density at radius 1 is 1.12 bits per heavy atom. The van der Waals surface area contributed by atoms with Gasteiger partial charge < -0.3 is 20.3 Å². The number of nitrogens with one attached hydrogen (secondary N) is 4. The molecule has 4 rings (SSSR count). The van der Waals surface area contributed by atoms with Gasteiger partial charge in [-0.3, -0.25) is 14.8 Å². The Balaban J connectivity index is 1.60. The Hall–Kier alpha value is -3.98. The second-order valence-corrected chi connectivity index (χ2v) is 13.5. The van der Waals surface area contributed by atoms with Crippen molar-refractivity contribution in [2.45, 2.75) is 59.3 Å². The molecule has 15 heteroatoms. The minimum absolute atomic E-state index is 0.111. The number of esters is 1. The van der Waals surface area contributed by atoms with Gasteiger partial charge in [0, 0.05) is 44.4 Å². The van der Waals surface area contributed by atoms with E-state index in [-0.39, 0.29) is 12.5 Å². The summed E-state index contributed by atoms with van der Waals surface area (Å²) in [7, 11) is -3.43. The van der Waals surface area contributed by atoms with E-state index < -0.39 is 21.2 Å². The molecule has 1 aliphatic heterocycles. The molecule has 0 aliphatic carbocycles. The fraction of sp³-hybridized carbons (Fsp3) is 0.464. The number of aromatic nitrogens is 3. The van der Waals surface area contributed by atoms with Gasteiger partial charge in [-0.1, -0.05) is 23.5 Å². The highest BCUT2D eigenvalue weighted by atomic mass is 32.2. The van der Waals surface area contributed by atoms with Gasteiger partial charge in [-0.05, 0) is 58.2 Å². The molecule has 43 heavy (non-hydrogen) atoms. The summed E-state index contributed by atoms with van der Waals surface area (Å²) in [4.78, 5) is 40.3. The highest BCUT2D eigenvalue weighted by Crippen LogP contribution is 2.34. The van der Waals surface area contributed by atoms with Crippen molar-refractivity contribution >= 4 is 61.6 Å². The van der Waals surface area contributed by atoms with E-state index in [0.29, 0.717) is 52.8 Å². The lowest BCUT2D eigenvalue weighted by Crippen LogP contribution is -2.32. The van der Waals surface area contributed by atoms with Crippen LogP contribution < -0.4 is 25.6 Å². The number of anilines is 5. The Labute approximate surface area is 255 Å². The van der Waals surface area contributed by atoms with Crippen molar-refractivity contribution in [3.05, 3.63) is 46.0 Å². The van der Waals surface area contributed by atoms with E-state index in [9.17, 15) is 18.0 Å². The average Bonchev–Trinajstić information content (AvgIpc) is 3.32. The summed E-state index contributed by atoms with van der Waals surface area (Å²) in [6, 6.07) is 7.31. The minimum Gasteiger partial charge on any atom is -0.462 e. The van der Waals surface area contributed by atoms with Crippen molar-refractivity contribution in [1.82, 2.24) is 20.3 Å². The SMILES string of the molecule is CCOC(=O)c1sc(Nc2nc(NCCNC(C)=O)c3c(n2)N(Cc2ccc(NS(=O)(=O)C(C)C)cc2)CCC3)nc1C. The van der Waals surface area contributed by atoms with Gasteiger partial charge in [-0.25, -0.2) is 18.2 Å². The zero-order chi connectivity index (χ0) is 31.1. The number of rotatable bonds is 13. The fourth-order valence-electron chi connectivity index (χ4n) is 4.40. The number of ether oxygens (including phenoxy) is 1. The monoisotopic (exact) mass is 630 g/mol. The lowest BCUT2D eigenvalue weighted by Gasteiger charge is -2.31. The first kappa shape index (κ1) is 31.9. The summed E-state index contributed by atoms with van der Waals surface area (Å²) in [6.45, 7) is 10.7. The van der Waals surface area contributed by atoms with Crippen LogP contribution in [0.4, 0.5) is 28.4 Å². The molecule has 0 spiro atoms. The molecule has 13 nitrogen and oxygen atoms in total. The second-order valence-electron chi connectivity index (χ2n) is 10.3. The number of benzene rings is 1. The Morgan fingerprint density at radius 3 is 2.53 bits per heavy atom. The molecular weight excluding hydrogens is 592 g/mol. The zero-order valence-electron chi connectivity index (χ0n) is 25.0. The third-order valence-electron chi connectivity index (χ3n) is 6.62. The van der Waals surface area contributed by atoms with Crippen LogP contribution in [0, 0.1) is 6.92 Å². The Kier molecular flexibility index (Phi) is 10.4. The molecule has 1 aromatic carbocycles. The zero-order valence-corrected chi connectivity index (χ0v) is 26.6. The molecule has 0 saturated carbocycles. The van der Waals surface area contributed by atoms with E-state index >= 15 is 0 Å². The molecule has 3 heterocycles. The Morgan fingerprint density at radius 2 is 1.86 bits per heavy atom. The molecule has 1 aliphatic rings. The van der Waals surface area contributed by atoms with Crippen LogP contribution in [-0.4, -0.2) is 66.7 Å². The van der Waals surface area contributed by atoms with Crippen LogP contribution in [0.15, 0.2) is 24.3 Å². The third kappa shape index (κ3) is 8.32. The number of aryl methyl sites for hydroxylation is 1. The summed E-state index contributed by atoms with van der Waals surface area (Å²) < 4.78 is 32.3. The maximum absolute atomic E-state index is 12.3. The molecule has 0 fully saturated rings. The van der Waals surface area contributed by atoms with Crippen LogP contribution in [0.5, 0.6) is 0 Å². The first-order valence-electron chi connectivity index (χ1n) is 14.1. The molecular formula is C28H38N8O5S2. The summed E-state index contributed by atoms with van der Waals surface area (Å²) >= 11 is 1.17. The van der Waals surface area contributed by atoms with Gasteiger partial charge in [0.05, 0.1) is 17.6 Å². The summed E-state index contributed by atoms with van der Waals surface area (Å²) in [6.07, 6.45) is 1.66. The predicted octanol–water partition coefficient (Wildman–Crippen LogP) is 3.81. The van der Waals surface area contributed by atoms with E-state index in [4.69, 9.17) is 14.7 Å². The molecule has 1 amide bonds. The molecule has 2 aromatic heterocycles. The van der Waals surface area contributed by atoms with Crippen LogP contribution in [-0.2, 0) is 32.5 Å². The van der Waals surface area contributed by atoms with Crippen molar-refractivity contribution in [1.29, 1.82) is 0 Å². The number of carbonyl (C=O) groups excluding carboxylic acids is 2. The highest BCUT2D eigenvalue weighted by Gasteiger charge is 2.25. The first-order valence-corrected chi connectivity index (χ1v) is 16.5. The lowest BCUT2D eigenvalue weighted by molar-refractivity contribution is -0.118. The largest absolute Gasteiger partial charge is 0.462 e. The molecule has 3 aromatic rings. The van der Waals surface area contributed by atoms with Crippen molar-refractivity contribution in [3.8, 4) is 0 Å². The molecule has 0 unspecified atom stereocenters. The van der Waals surface area contributed by atoms with Gasteiger partial charge in [0.15, 0.2) is 5.13 Å². The third-order valence-corrected chi connectivity index (χ3v) is 9.43. The number of hydrogen-bond acceptors (Lipinski definition) is 12. The number of sulfonamides is 1. The van der Waals surface area contributed by atoms with Gasteiger partial charge in [0.2, 0.25) is 21.9 Å². The van der Waals surface area contributed by atoms with E-state index in [0.717, 1.165) is 36.3 Å². The number of amides is 1. The molecule has 0 atom stereocenters. The summed E-state index contributed by atoms with van der Waals surface area (Å²) in [5.41, 5.74) is 3.02. The van der Waals surface area contributed by atoms with Crippen molar-refractivity contribution < 1.29 is 22.7 Å². The van der Waals surface area contributed by atoms with Crippen LogP contribution in [0.1, 0.15) is 60.6 Å². The van der Waals surface area contributed by atoms with E-state index in [2.05, 4.69) is 30.6 Å². The second kappa shape index (κ2) is 14.0. The molecule has 232 valence electrons. The maximum Gasteiger partial charge on any atom is 0.350 e. The average molecular weight is 631 g/mol. The van der Waals surface area contributed by atoms with Gasteiger partial charge in [0.1, 0.15) is 16.5 Å². The first-order chi connectivity index (χ1) is 20.5. The van der Waals surface area contributed by atoms with E-state index in [1.807, 2.05) is 12.1 Å². The molecule has 0 saturated heterocycles. The predicted molar refractivity (Wildman–Crippen MR) is 169 cm³/mol. The molecule has 0 bridgehead atoms. The highest BCUT2D eigenvalue weighted by molar-refractivity contribution is 7.93. The summed E-state index contributed by atoms with van der Waals surface area (Å²) in [5.74, 6) is 1.19. The van der Waals surface area contributed by atoms with Crippen LogP contribution in [0.3, 0.4) is 0 Å². The van der Waals surface area contributed by atoms with Crippen molar-refractivity contribution in [3.63, 3.8) is 0 Å². The normalized spacial score (nSPS) is 12.9. The van der Waals surface area contributed by atoms with Gasteiger partial charge in [-0.15, -0.1) is 0 Å². The number of fused-ring (bicyclic) bond motifs is 1. The topological polar surface area (TPSA) is 168 Å². The van der Waals surface area contributed by atoms with Crippen LogP contribution in [0.25, 0.3) is 0 Å². The minimum atomic E-state index is -3.43. The maximum atomic E-state index is 12.3. The summed E-state index contributed by atoms with van der Waals surface area (Å²) in [5, 5.41) is 9.21. The molecule has 0 radical (unpaired) electrons. The van der Waals surface area contributed by atoms with E-state index in [1.54, 1.807) is 39.8 Å². The fourth-order valence-corrected chi connectivity index (χ4v) is 5.96. The number of nitrogens with zero attached hydrogens (tertiary/aromatic N) is 4.